The summed E-state index contributed by atoms with van der Waals surface area (Å²) in [5, 5.41) is 3.11. The van der Waals surface area contributed by atoms with Crippen LogP contribution in [-0.4, -0.2) is 38.4 Å². The molecule has 0 spiro atoms. The van der Waals surface area contributed by atoms with Gasteiger partial charge in [-0.2, -0.15) is 0 Å². The molecule has 166 valence electrons. The van der Waals surface area contributed by atoms with E-state index in [1.54, 1.807) is 0 Å². The molecule has 32 heavy (non-hydrogen) atoms. The fourth-order valence-electron chi connectivity index (χ4n) is 3.56. The highest BCUT2D eigenvalue weighted by Crippen LogP contribution is 2.44. The summed E-state index contributed by atoms with van der Waals surface area (Å²) in [5.41, 5.74) is 1.99. The van der Waals surface area contributed by atoms with Gasteiger partial charge in [-0.3, -0.25) is 0 Å². The molecule has 0 saturated heterocycles. The molecule has 6 heteroatoms. The van der Waals surface area contributed by atoms with Crippen LogP contribution in [-0.2, 0) is 19.1 Å². The van der Waals surface area contributed by atoms with E-state index in [0.717, 1.165) is 32.7 Å². The summed E-state index contributed by atoms with van der Waals surface area (Å²) in [6.45, 7) is 10.8. The summed E-state index contributed by atoms with van der Waals surface area (Å²) in [7, 11) is 0. The standard InChI is InChI=1S/C26H26O6/c1-5-11-29-22(27)15-31-25-19-9-7-8-10-20(19)26(32-16-23(28)30-12-6-2)24-18(4)13-17(3)14-21(24)25/h5-10,13-14H,1-2,11-12,15-16H2,3-4H3. The van der Waals surface area contributed by atoms with Crippen molar-refractivity contribution in [2.75, 3.05) is 26.4 Å². The minimum Gasteiger partial charge on any atom is -0.481 e. The quantitative estimate of drug-likeness (QED) is 0.259. The van der Waals surface area contributed by atoms with Gasteiger partial charge in [-0.1, -0.05) is 61.2 Å². The Labute approximate surface area is 187 Å². The molecule has 0 fully saturated rings. The number of rotatable bonds is 10. The van der Waals surface area contributed by atoms with Crippen LogP contribution in [0, 0.1) is 13.8 Å². The van der Waals surface area contributed by atoms with Gasteiger partial charge in [0.05, 0.1) is 0 Å². The number of hydrogen-bond donors (Lipinski definition) is 0. The van der Waals surface area contributed by atoms with Crippen LogP contribution < -0.4 is 9.47 Å². The molecule has 0 radical (unpaired) electrons. The topological polar surface area (TPSA) is 71.1 Å². The summed E-state index contributed by atoms with van der Waals surface area (Å²) in [5.74, 6) is 0.138. The Bertz CT molecular complexity index is 1180. The van der Waals surface area contributed by atoms with Gasteiger partial charge in [-0.25, -0.2) is 9.59 Å². The first-order valence-corrected chi connectivity index (χ1v) is 10.2. The first-order valence-electron chi connectivity index (χ1n) is 10.2. The zero-order chi connectivity index (χ0) is 23.1. The number of hydrogen-bond acceptors (Lipinski definition) is 6. The first-order chi connectivity index (χ1) is 15.5. The van der Waals surface area contributed by atoms with Gasteiger partial charge < -0.3 is 18.9 Å². The van der Waals surface area contributed by atoms with E-state index in [4.69, 9.17) is 18.9 Å². The molecule has 0 unspecified atom stereocenters. The molecule has 0 aliphatic carbocycles. The second-order valence-corrected chi connectivity index (χ2v) is 7.23. The summed E-state index contributed by atoms with van der Waals surface area (Å²) in [4.78, 5) is 24.1. The molecule has 0 bridgehead atoms. The molecule has 0 heterocycles. The number of fused-ring (bicyclic) bond motifs is 2. The van der Waals surface area contributed by atoms with Crippen LogP contribution in [0.4, 0.5) is 0 Å². The molecular formula is C26H26O6. The zero-order valence-corrected chi connectivity index (χ0v) is 18.3. The lowest BCUT2D eigenvalue weighted by Gasteiger charge is -2.19. The van der Waals surface area contributed by atoms with Crippen molar-refractivity contribution in [3.8, 4) is 11.5 Å². The lowest BCUT2D eigenvalue weighted by Crippen LogP contribution is -2.16. The Balaban J connectivity index is 2.11. The van der Waals surface area contributed by atoms with E-state index in [9.17, 15) is 9.59 Å². The maximum absolute atomic E-state index is 12.0. The monoisotopic (exact) mass is 434 g/mol. The summed E-state index contributed by atoms with van der Waals surface area (Å²) >= 11 is 0. The molecule has 3 aromatic rings. The van der Waals surface area contributed by atoms with Crippen LogP contribution in [0.1, 0.15) is 11.1 Å². The third-order valence-corrected chi connectivity index (χ3v) is 4.76. The van der Waals surface area contributed by atoms with Crippen molar-refractivity contribution >= 4 is 33.5 Å². The van der Waals surface area contributed by atoms with Crippen molar-refractivity contribution in [3.05, 3.63) is 72.8 Å². The normalized spacial score (nSPS) is 10.6. The van der Waals surface area contributed by atoms with Crippen molar-refractivity contribution in [2.24, 2.45) is 0 Å². The second-order valence-electron chi connectivity index (χ2n) is 7.23. The van der Waals surface area contributed by atoms with Gasteiger partial charge in [0, 0.05) is 21.5 Å². The third kappa shape index (κ3) is 5.09. The van der Waals surface area contributed by atoms with Crippen molar-refractivity contribution in [1.29, 1.82) is 0 Å². The van der Waals surface area contributed by atoms with E-state index >= 15 is 0 Å². The highest BCUT2D eigenvalue weighted by molar-refractivity contribution is 6.12. The number of esters is 2. The highest BCUT2D eigenvalue weighted by atomic mass is 16.6. The van der Waals surface area contributed by atoms with E-state index < -0.39 is 11.9 Å². The molecular weight excluding hydrogens is 408 g/mol. The maximum Gasteiger partial charge on any atom is 0.344 e. The van der Waals surface area contributed by atoms with Crippen molar-refractivity contribution < 1.29 is 28.5 Å². The summed E-state index contributed by atoms with van der Waals surface area (Å²) < 4.78 is 22.0. The summed E-state index contributed by atoms with van der Waals surface area (Å²) in [6, 6.07) is 11.5. The predicted molar refractivity (Wildman–Crippen MR) is 124 cm³/mol. The first kappa shape index (κ1) is 22.9. The molecule has 0 aromatic heterocycles. The number of carbonyl (C=O) groups is 2. The molecule has 6 nitrogen and oxygen atoms in total. The lowest BCUT2D eigenvalue weighted by atomic mass is 9.95. The Hall–Kier alpha value is -3.80. The molecule has 0 N–H and O–H groups in total. The van der Waals surface area contributed by atoms with Gasteiger partial charge >= 0.3 is 11.9 Å². The van der Waals surface area contributed by atoms with Crippen LogP contribution in [0.25, 0.3) is 21.5 Å². The van der Waals surface area contributed by atoms with E-state index in [1.165, 1.54) is 12.2 Å². The van der Waals surface area contributed by atoms with Crippen molar-refractivity contribution in [3.63, 3.8) is 0 Å². The number of carbonyl (C=O) groups excluding carboxylic acids is 2. The fraction of sp³-hybridized carbons (Fsp3) is 0.231. The van der Waals surface area contributed by atoms with Crippen LogP contribution in [0.2, 0.25) is 0 Å². The minimum atomic E-state index is -0.489. The second kappa shape index (κ2) is 10.5. The van der Waals surface area contributed by atoms with Crippen LogP contribution in [0.3, 0.4) is 0 Å². The van der Waals surface area contributed by atoms with Crippen LogP contribution >= 0.6 is 0 Å². The average molecular weight is 434 g/mol. The van der Waals surface area contributed by atoms with E-state index in [0.29, 0.717) is 11.5 Å². The molecule has 0 aliphatic rings. The van der Waals surface area contributed by atoms with E-state index in [1.807, 2.05) is 50.2 Å². The maximum atomic E-state index is 12.0. The summed E-state index contributed by atoms with van der Waals surface area (Å²) in [6.07, 6.45) is 3.00. The largest absolute Gasteiger partial charge is 0.481 e. The number of benzene rings is 3. The van der Waals surface area contributed by atoms with Gasteiger partial charge in [0.2, 0.25) is 0 Å². The number of aryl methyl sites for hydroxylation is 2. The fourth-order valence-corrected chi connectivity index (χ4v) is 3.56. The van der Waals surface area contributed by atoms with Crippen molar-refractivity contribution in [2.45, 2.75) is 13.8 Å². The Kier molecular flexibility index (Phi) is 7.49. The average Bonchev–Trinajstić information content (AvgIpc) is 2.78. The Morgan fingerprint density at radius 2 is 1.34 bits per heavy atom. The third-order valence-electron chi connectivity index (χ3n) is 4.76. The van der Waals surface area contributed by atoms with Gasteiger partial charge in [0.15, 0.2) is 13.2 Å². The van der Waals surface area contributed by atoms with Gasteiger partial charge in [-0.05, 0) is 25.5 Å². The Morgan fingerprint density at radius 3 is 1.91 bits per heavy atom. The van der Waals surface area contributed by atoms with Crippen LogP contribution in [0.5, 0.6) is 11.5 Å². The molecule has 0 aliphatic heterocycles. The zero-order valence-electron chi connectivity index (χ0n) is 18.3. The predicted octanol–water partition coefficient (Wildman–Crippen LogP) is 4.83. The Morgan fingerprint density at radius 1 is 0.812 bits per heavy atom. The highest BCUT2D eigenvalue weighted by Gasteiger charge is 2.20. The van der Waals surface area contributed by atoms with E-state index in [2.05, 4.69) is 13.2 Å². The van der Waals surface area contributed by atoms with Gasteiger partial charge in [-0.15, -0.1) is 0 Å². The smallest absolute Gasteiger partial charge is 0.344 e. The minimum absolute atomic E-state index is 0.122. The lowest BCUT2D eigenvalue weighted by molar-refractivity contribution is -0.145. The number of ether oxygens (including phenoxy) is 4. The van der Waals surface area contributed by atoms with Crippen LogP contribution in [0.15, 0.2) is 61.7 Å². The molecule has 0 saturated carbocycles. The van der Waals surface area contributed by atoms with E-state index in [-0.39, 0.29) is 26.4 Å². The SMILES string of the molecule is C=CCOC(=O)COc1c2ccccc2c(OCC(=O)OCC=C)c2c(C)cc(C)cc12. The molecule has 3 rings (SSSR count). The molecule has 3 aromatic carbocycles. The van der Waals surface area contributed by atoms with Crippen molar-refractivity contribution in [1.82, 2.24) is 0 Å². The van der Waals surface area contributed by atoms with Gasteiger partial charge in [0.25, 0.3) is 0 Å². The van der Waals surface area contributed by atoms with Gasteiger partial charge in [0.1, 0.15) is 24.7 Å². The molecule has 0 atom stereocenters. The molecule has 0 amide bonds.